The fourth-order valence-electron chi connectivity index (χ4n) is 4.31. The molecule has 1 aliphatic rings. The van der Waals surface area contributed by atoms with Crippen LogP contribution in [0, 0.1) is 0 Å². The first-order valence-electron chi connectivity index (χ1n) is 11.7. The van der Waals surface area contributed by atoms with Gasteiger partial charge in [-0.3, -0.25) is 4.90 Å². The minimum Gasteiger partial charge on any atom is -0.357 e. The molecule has 0 amide bonds. The van der Waals surface area contributed by atoms with E-state index in [1.165, 1.54) is 42.6 Å². The summed E-state index contributed by atoms with van der Waals surface area (Å²) < 4.78 is 2.08. The zero-order chi connectivity index (χ0) is 22.0. The molecule has 176 valence electrons. The van der Waals surface area contributed by atoms with Crippen LogP contribution in [-0.2, 0) is 13.1 Å². The van der Waals surface area contributed by atoms with E-state index in [1.54, 1.807) is 0 Å². The highest BCUT2D eigenvalue weighted by atomic mass is 127. The van der Waals surface area contributed by atoms with Crippen molar-refractivity contribution < 1.29 is 0 Å². The minimum absolute atomic E-state index is 0. The number of aliphatic imine (C=N–C) groups is 1. The van der Waals surface area contributed by atoms with Crippen LogP contribution in [0.15, 0.2) is 78.3 Å². The highest BCUT2D eigenvalue weighted by Gasteiger charge is 2.23. The van der Waals surface area contributed by atoms with E-state index in [2.05, 4.69) is 86.6 Å². The average Bonchev–Trinajstić information content (AvgIpc) is 3.53. The third-order valence-electron chi connectivity index (χ3n) is 5.91. The molecule has 0 saturated carbocycles. The summed E-state index contributed by atoms with van der Waals surface area (Å²) in [5.41, 5.74) is 3.83. The van der Waals surface area contributed by atoms with Crippen LogP contribution in [0.25, 0.3) is 0 Å². The molecule has 2 aromatic carbocycles. The van der Waals surface area contributed by atoms with E-state index in [-0.39, 0.29) is 24.0 Å². The summed E-state index contributed by atoms with van der Waals surface area (Å²) in [7, 11) is 0. The van der Waals surface area contributed by atoms with E-state index >= 15 is 0 Å². The lowest BCUT2D eigenvalue weighted by Gasteiger charge is -2.29. The van der Waals surface area contributed by atoms with E-state index in [4.69, 9.17) is 4.99 Å². The highest BCUT2D eigenvalue weighted by molar-refractivity contribution is 14.0. The fraction of sp³-hybridized carbons (Fsp3) is 0.385. The van der Waals surface area contributed by atoms with Gasteiger partial charge in [0.15, 0.2) is 5.96 Å². The monoisotopic (exact) mass is 558 g/mol. The van der Waals surface area contributed by atoms with Gasteiger partial charge in [-0.15, -0.1) is 24.0 Å². The summed E-state index contributed by atoms with van der Waals surface area (Å²) in [6, 6.07) is 19.8. The summed E-state index contributed by atoms with van der Waals surface area (Å²) in [6.45, 7) is 7.59. The third-order valence-corrected chi connectivity index (χ3v) is 5.91. The molecule has 1 saturated heterocycles. The van der Waals surface area contributed by atoms with E-state index in [0.29, 0.717) is 12.6 Å². The fourth-order valence-corrected chi connectivity index (χ4v) is 4.31. The largest absolute Gasteiger partial charge is 0.357 e. The van der Waals surface area contributed by atoms with Crippen LogP contribution in [0.3, 0.4) is 0 Å². The lowest BCUT2D eigenvalue weighted by atomic mass is 10.1. The number of halogens is 1. The topological polar surface area (TPSA) is 57.5 Å². The van der Waals surface area contributed by atoms with Crippen molar-refractivity contribution >= 4 is 29.9 Å². The number of hydrogen-bond donors (Lipinski definition) is 2. The molecule has 33 heavy (non-hydrogen) atoms. The van der Waals surface area contributed by atoms with Gasteiger partial charge in [-0.1, -0.05) is 54.6 Å². The van der Waals surface area contributed by atoms with Crippen molar-refractivity contribution in [3.05, 3.63) is 90.0 Å². The zero-order valence-corrected chi connectivity index (χ0v) is 21.7. The van der Waals surface area contributed by atoms with Crippen molar-refractivity contribution in [2.75, 3.05) is 26.2 Å². The van der Waals surface area contributed by atoms with Crippen LogP contribution < -0.4 is 10.6 Å². The molecule has 2 heterocycles. The summed E-state index contributed by atoms with van der Waals surface area (Å²) in [4.78, 5) is 11.6. The molecule has 3 aromatic rings. The molecule has 1 atom stereocenters. The molecular formula is C26H35IN6. The Kier molecular flexibility index (Phi) is 10.2. The molecule has 7 heteroatoms. The van der Waals surface area contributed by atoms with Crippen LogP contribution in [0.5, 0.6) is 0 Å². The van der Waals surface area contributed by atoms with Gasteiger partial charge in [-0.25, -0.2) is 9.98 Å². The van der Waals surface area contributed by atoms with E-state index in [0.717, 1.165) is 25.6 Å². The molecule has 0 radical (unpaired) electrons. The van der Waals surface area contributed by atoms with E-state index < -0.39 is 0 Å². The molecule has 6 nitrogen and oxygen atoms in total. The summed E-state index contributed by atoms with van der Waals surface area (Å²) >= 11 is 0. The Labute approximate surface area is 214 Å². The number of likely N-dealkylation sites (tertiary alicyclic amines) is 1. The van der Waals surface area contributed by atoms with Gasteiger partial charge >= 0.3 is 0 Å². The number of aromatic nitrogens is 2. The minimum atomic E-state index is 0. The third kappa shape index (κ3) is 7.57. The lowest BCUT2D eigenvalue weighted by molar-refractivity contribution is 0.245. The van der Waals surface area contributed by atoms with Gasteiger partial charge in [-0.05, 0) is 49.5 Å². The normalized spacial score (nSPS) is 15.1. The number of guanidine groups is 1. The lowest BCUT2D eigenvalue weighted by Crippen LogP contribution is -2.42. The van der Waals surface area contributed by atoms with Gasteiger partial charge in [0, 0.05) is 32.0 Å². The maximum atomic E-state index is 4.87. The SMILES string of the molecule is CCNC(=NCc1cccc(Cn2ccnc2)c1)NCC(c1ccccc1)N1CCCC1.I. The molecular weight excluding hydrogens is 523 g/mol. The quantitative estimate of drug-likeness (QED) is 0.232. The molecule has 0 spiro atoms. The Morgan fingerprint density at radius 2 is 1.82 bits per heavy atom. The highest BCUT2D eigenvalue weighted by Crippen LogP contribution is 2.24. The first-order valence-corrected chi connectivity index (χ1v) is 11.7. The molecule has 1 fully saturated rings. The molecule has 2 N–H and O–H groups in total. The Morgan fingerprint density at radius 1 is 1.03 bits per heavy atom. The Balaban J connectivity index is 0.00000306. The number of rotatable bonds is 9. The summed E-state index contributed by atoms with van der Waals surface area (Å²) in [6.07, 6.45) is 8.22. The smallest absolute Gasteiger partial charge is 0.191 e. The van der Waals surface area contributed by atoms with Crippen LogP contribution in [-0.4, -0.2) is 46.6 Å². The maximum absolute atomic E-state index is 4.87. The number of nitrogens with one attached hydrogen (secondary N) is 2. The first-order chi connectivity index (χ1) is 15.8. The predicted molar refractivity (Wildman–Crippen MR) is 146 cm³/mol. The van der Waals surface area contributed by atoms with Crippen LogP contribution in [0.2, 0.25) is 0 Å². The second kappa shape index (κ2) is 13.3. The van der Waals surface area contributed by atoms with Crippen molar-refractivity contribution in [1.82, 2.24) is 25.1 Å². The Morgan fingerprint density at radius 3 is 2.55 bits per heavy atom. The van der Waals surface area contributed by atoms with Crippen molar-refractivity contribution in [2.24, 2.45) is 4.99 Å². The molecule has 0 aliphatic carbocycles. The van der Waals surface area contributed by atoms with Crippen molar-refractivity contribution in [3.63, 3.8) is 0 Å². The second-order valence-corrected chi connectivity index (χ2v) is 8.30. The van der Waals surface area contributed by atoms with Gasteiger partial charge < -0.3 is 15.2 Å². The van der Waals surface area contributed by atoms with Crippen LogP contribution >= 0.6 is 24.0 Å². The maximum Gasteiger partial charge on any atom is 0.191 e. The number of imidazole rings is 1. The molecule has 0 bridgehead atoms. The number of hydrogen-bond acceptors (Lipinski definition) is 3. The average molecular weight is 559 g/mol. The van der Waals surface area contributed by atoms with Gasteiger partial charge in [0.05, 0.1) is 18.9 Å². The molecule has 4 rings (SSSR count). The van der Waals surface area contributed by atoms with E-state index in [1.807, 2.05) is 18.7 Å². The zero-order valence-electron chi connectivity index (χ0n) is 19.4. The van der Waals surface area contributed by atoms with Gasteiger partial charge in [-0.2, -0.15) is 0 Å². The molecule has 1 aliphatic heterocycles. The first kappa shape index (κ1) is 25.2. The molecule has 1 aromatic heterocycles. The second-order valence-electron chi connectivity index (χ2n) is 8.30. The standard InChI is InChI=1S/C26H34N6.HI/c1-2-28-26(29-18-22-9-8-10-23(17-22)20-31-16-13-27-21-31)30-19-25(32-14-6-7-15-32)24-11-4-3-5-12-24;/h3-5,8-13,16-17,21,25H,2,6-7,14-15,18-20H2,1H3,(H2,28,29,30);1H. The van der Waals surface area contributed by atoms with Crippen LogP contribution in [0.1, 0.15) is 42.5 Å². The van der Waals surface area contributed by atoms with E-state index in [9.17, 15) is 0 Å². The van der Waals surface area contributed by atoms with Crippen molar-refractivity contribution in [2.45, 2.75) is 38.9 Å². The van der Waals surface area contributed by atoms with Gasteiger partial charge in [0.25, 0.3) is 0 Å². The van der Waals surface area contributed by atoms with Crippen LogP contribution in [0.4, 0.5) is 0 Å². The van der Waals surface area contributed by atoms with Gasteiger partial charge in [0.1, 0.15) is 0 Å². The summed E-state index contributed by atoms with van der Waals surface area (Å²) in [5, 5.41) is 7.01. The number of nitrogens with zero attached hydrogens (tertiary/aromatic N) is 4. The predicted octanol–water partition coefficient (Wildman–Crippen LogP) is 4.44. The summed E-state index contributed by atoms with van der Waals surface area (Å²) in [5.74, 6) is 0.868. The van der Waals surface area contributed by atoms with Gasteiger partial charge in [0.2, 0.25) is 0 Å². The Hall–Kier alpha value is -2.39. The van der Waals surface area contributed by atoms with Crippen molar-refractivity contribution in [3.8, 4) is 0 Å². The van der Waals surface area contributed by atoms with Crippen molar-refractivity contribution in [1.29, 1.82) is 0 Å². The molecule has 1 unspecified atom stereocenters. The number of benzene rings is 2. The Bertz CT molecular complexity index is 967.